The van der Waals surface area contributed by atoms with Crippen LogP contribution in [0.5, 0.6) is 0 Å². The minimum atomic E-state index is -3.39. The molecule has 0 radical (unpaired) electrons. The number of carbonyl (C=O) groups is 1. The highest BCUT2D eigenvalue weighted by atomic mass is 35.5. The largest absolute Gasteiger partial charge is 0.367 e. The fourth-order valence-corrected chi connectivity index (χ4v) is 7.44. The van der Waals surface area contributed by atoms with Crippen molar-refractivity contribution < 1.29 is 13.2 Å². The molecule has 0 saturated carbocycles. The molecule has 0 aliphatic carbocycles. The van der Waals surface area contributed by atoms with Crippen LogP contribution in [0.3, 0.4) is 0 Å². The van der Waals surface area contributed by atoms with Crippen molar-refractivity contribution in [1.82, 2.24) is 4.90 Å². The van der Waals surface area contributed by atoms with Gasteiger partial charge in [0.2, 0.25) is 0 Å². The number of rotatable bonds is 2. The van der Waals surface area contributed by atoms with Gasteiger partial charge in [0.1, 0.15) is 0 Å². The van der Waals surface area contributed by atoms with Crippen molar-refractivity contribution in [2.75, 3.05) is 31.1 Å². The van der Waals surface area contributed by atoms with E-state index in [-0.39, 0.29) is 11.7 Å². The molecule has 1 amide bonds. The van der Waals surface area contributed by atoms with Crippen LogP contribution in [0.15, 0.2) is 53.4 Å². The number of carbonyl (C=O) groups excluding carboxylic acids is 1. The number of fused-ring (bicyclic) bond motifs is 3. The number of nitrogens with zero attached hydrogens (tertiary/aromatic N) is 2. The zero-order chi connectivity index (χ0) is 21.8. The van der Waals surface area contributed by atoms with E-state index in [1.54, 1.807) is 30.3 Å². The molecule has 9 heteroatoms. The second-order valence-corrected chi connectivity index (χ2v) is 11.4. The van der Waals surface area contributed by atoms with Crippen LogP contribution in [0.25, 0.3) is 10.4 Å². The van der Waals surface area contributed by atoms with Crippen LogP contribution >= 0.6 is 34.5 Å². The molecule has 0 N–H and O–H groups in total. The monoisotopic (exact) mass is 492 g/mol. The summed E-state index contributed by atoms with van der Waals surface area (Å²) in [6.45, 7) is 2.40. The van der Waals surface area contributed by atoms with E-state index in [2.05, 4.69) is 4.90 Å². The Bertz CT molecular complexity index is 1300. The van der Waals surface area contributed by atoms with E-state index in [4.69, 9.17) is 23.2 Å². The molecule has 3 heterocycles. The SMILES string of the molecule is O=C(c1cc2c(s1)-c1ccccc1S(=O)(=O)C2)N1CCN(c2cc(Cl)ccc2Cl)CC1. The Morgan fingerprint density at radius 2 is 1.71 bits per heavy atom. The molecule has 2 aromatic carbocycles. The van der Waals surface area contributed by atoms with Gasteiger partial charge in [0.05, 0.1) is 26.2 Å². The Hall–Kier alpha value is -2.06. The van der Waals surface area contributed by atoms with Crippen LogP contribution in [0, 0.1) is 0 Å². The molecule has 0 unspecified atom stereocenters. The summed E-state index contributed by atoms with van der Waals surface area (Å²) in [6.07, 6.45) is 0. The van der Waals surface area contributed by atoms with E-state index in [0.717, 1.165) is 10.6 Å². The minimum absolute atomic E-state index is 0.0638. The Balaban J connectivity index is 1.36. The first-order valence-corrected chi connectivity index (χ1v) is 13.0. The van der Waals surface area contributed by atoms with Crippen LogP contribution in [0.1, 0.15) is 15.2 Å². The maximum atomic E-state index is 13.2. The lowest BCUT2D eigenvalue weighted by Gasteiger charge is -2.36. The maximum Gasteiger partial charge on any atom is 0.264 e. The third kappa shape index (κ3) is 3.74. The van der Waals surface area contributed by atoms with Crippen LogP contribution in [-0.4, -0.2) is 45.4 Å². The van der Waals surface area contributed by atoms with Gasteiger partial charge in [-0.25, -0.2) is 8.42 Å². The van der Waals surface area contributed by atoms with Gasteiger partial charge in [-0.05, 0) is 35.9 Å². The van der Waals surface area contributed by atoms with Crippen molar-refractivity contribution in [3.8, 4) is 10.4 Å². The van der Waals surface area contributed by atoms with Crippen LogP contribution < -0.4 is 4.90 Å². The van der Waals surface area contributed by atoms with Gasteiger partial charge in [0, 0.05) is 41.6 Å². The number of benzene rings is 2. The van der Waals surface area contributed by atoms with E-state index in [1.165, 1.54) is 11.3 Å². The Morgan fingerprint density at radius 1 is 0.968 bits per heavy atom. The molecule has 160 valence electrons. The lowest BCUT2D eigenvalue weighted by molar-refractivity contribution is 0.0751. The average Bonchev–Trinajstić information content (AvgIpc) is 3.18. The fraction of sp³-hybridized carbons (Fsp3) is 0.227. The maximum absolute atomic E-state index is 13.2. The lowest BCUT2D eigenvalue weighted by atomic mass is 10.1. The summed E-state index contributed by atoms with van der Waals surface area (Å²) in [5, 5.41) is 1.26. The number of thiophene rings is 1. The van der Waals surface area contributed by atoms with Crippen molar-refractivity contribution >= 4 is 56.0 Å². The molecule has 2 aliphatic rings. The molecule has 0 spiro atoms. The summed E-state index contributed by atoms with van der Waals surface area (Å²) in [6, 6.07) is 14.1. The van der Waals surface area contributed by atoms with E-state index < -0.39 is 9.84 Å². The van der Waals surface area contributed by atoms with E-state index in [0.29, 0.717) is 57.1 Å². The van der Waals surface area contributed by atoms with Crippen LogP contribution in [-0.2, 0) is 15.6 Å². The molecular formula is C22H18Cl2N2O3S2. The summed E-state index contributed by atoms with van der Waals surface area (Å²) in [4.78, 5) is 18.9. The van der Waals surface area contributed by atoms with Gasteiger partial charge in [-0.1, -0.05) is 41.4 Å². The first-order chi connectivity index (χ1) is 14.8. The molecular weight excluding hydrogens is 475 g/mol. The Kier molecular flexibility index (Phi) is 5.25. The Morgan fingerprint density at radius 3 is 2.48 bits per heavy atom. The van der Waals surface area contributed by atoms with Gasteiger partial charge in [0.25, 0.3) is 5.91 Å². The summed E-state index contributed by atoms with van der Waals surface area (Å²) in [7, 11) is -3.39. The van der Waals surface area contributed by atoms with Gasteiger partial charge in [-0.2, -0.15) is 0 Å². The van der Waals surface area contributed by atoms with Gasteiger partial charge in [-0.15, -0.1) is 11.3 Å². The summed E-state index contributed by atoms with van der Waals surface area (Å²) < 4.78 is 25.2. The number of hydrogen-bond donors (Lipinski definition) is 0. The van der Waals surface area contributed by atoms with Crippen molar-refractivity contribution in [2.45, 2.75) is 10.6 Å². The number of anilines is 1. The molecule has 0 atom stereocenters. The number of halogens is 2. The molecule has 2 aliphatic heterocycles. The highest BCUT2D eigenvalue weighted by Gasteiger charge is 2.32. The fourth-order valence-electron chi connectivity index (χ4n) is 4.11. The van der Waals surface area contributed by atoms with Gasteiger partial charge in [0.15, 0.2) is 9.84 Å². The van der Waals surface area contributed by atoms with Crippen molar-refractivity contribution in [3.63, 3.8) is 0 Å². The summed E-state index contributed by atoms with van der Waals surface area (Å²) in [5.74, 6) is -0.129. The lowest BCUT2D eigenvalue weighted by Crippen LogP contribution is -2.48. The first kappa shape index (κ1) is 20.8. The third-order valence-electron chi connectivity index (χ3n) is 5.65. The smallest absolute Gasteiger partial charge is 0.264 e. The molecule has 1 aromatic heterocycles. The highest BCUT2D eigenvalue weighted by Crippen LogP contribution is 2.43. The summed E-state index contributed by atoms with van der Waals surface area (Å²) >= 11 is 13.8. The van der Waals surface area contributed by atoms with Gasteiger partial charge >= 0.3 is 0 Å². The van der Waals surface area contributed by atoms with Crippen LogP contribution in [0.2, 0.25) is 10.0 Å². The van der Waals surface area contributed by atoms with Crippen LogP contribution in [0.4, 0.5) is 5.69 Å². The molecule has 5 rings (SSSR count). The molecule has 0 bridgehead atoms. The highest BCUT2D eigenvalue weighted by molar-refractivity contribution is 7.91. The van der Waals surface area contributed by atoms with Crippen molar-refractivity contribution in [3.05, 3.63) is 69.0 Å². The van der Waals surface area contributed by atoms with Gasteiger partial charge < -0.3 is 9.80 Å². The Labute approximate surface area is 194 Å². The second-order valence-electron chi connectivity index (χ2n) is 7.60. The second kappa shape index (κ2) is 7.81. The molecule has 3 aromatic rings. The third-order valence-corrected chi connectivity index (χ3v) is 9.12. The molecule has 1 saturated heterocycles. The zero-order valence-corrected chi connectivity index (χ0v) is 19.5. The molecule has 31 heavy (non-hydrogen) atoms. The molecule has 5 nitrogen and oxygen atoms in total. The van der Waals surface area contributed by atoms with Crippen molar-refractivity contribution in [1.29, 1.82) is 0 Å². The average molecular weight is 493 g/mol. The zero-order valence-electron chi connectivity index (χ0n) is 16.3. The number of hydrogen-bond acceptors (Lipinski definition) is 5. The predicted molar refractivity (Wildman–Crippen MR) is 125 cm³/mol. The van der Waals surface area contributed by atoms with Crippen molar-refractivity contribution in [2.24, 2.45) is 0 Å². The number of sulfone groups is 1. The summed E-state index contributed by atoms with van der Waals surface area (Å²) in [5.41, 5.74) is 2.26. The topological polar surface area (TPSA) is 57.7 Å². The number of piperazine rings is 1. The minimum Gasteiger partial charge on any atom is -0.367 e. The van der Waals surface area contributed by atoms with E-state index >= 15 is 0 Å². The van der Waals surface area contributed by atoms with E-state index in [1.807, 2.05) is 23.1 Å². The first-order valence-electron chi connectivity index (χ1n) is 9.77. The quantitative estimate of drug-likeness (QED) is 0.506. The normalized spacial score (nSPS) is 17.2. The van der Waals surface area contributed by atoms with Gasteiger partial charge in [-0.3, -0.25) is 4.79 Å². The predicted octanol–water partition coefficient (Wildman–Crippen LogP) is 4.97. The van der Waals surface area contributed by atoms with E-state index in [9.17, 15) is 13.2 Å². The molecule has 1 fully saturated rings. The number of amides is 1. The standard InChI is InChI=1S/C22H18Cl2N2O3S2/c23-15-5-6-17(24)18(12-15)25-7-9-26(10-8-25)22(27)19-11-14-13-31(28,29)20-4-2-1-3-16(20)21(14)30-19/h1-6,11-12H,7-10,13H2.